The summed E-state index contributed by atoms with van der Waals surface area (Å²) in [6, 6.07) is 12.5. The summed E-state index contributed by atoms with van der Waals surface area (Å²) < 4.78 is 28.8. The van der Waals surface area contributed by atoms with Crippen molar-refractivity contribution in [3.05, 3.63) is 70.3 Å². The molecular weight excluding hydrogens is 454 g/mol. The van der Waals surface area contributed by atoms with Crippen LogP contribution >= 0.6 is 23.1 Å². The highest BCUT2D eigenvalue weighted by Crippen LogP contribution is 2.26. The normalized spacial score (nSPS) is 11.8. The maximum Gasteiger partial charge on any atom is 0.216 e. The summed E-state index contributed by atoms with van der Waals surface area (Å²) in [5.41, 5.74) is 1.44. The number of Topliss-reactive ketones (excluding diaryl/α,β-unsaturated/α-hetero) is 1. The van der Waals surface area contributed by atoms with E-state index < -0.39 is 10.0 Å². The third-order valence-corrected chi connectivity index (χ3v) is 7.86. The average Bonchev–Trinajstić information content (AvgIpc) is 3.39. The standard InChI is InChI=1S/C20H19N5O3S3/c1-25-19-16(10-23-25)20(22-13-21-19)29-11-17(26)18-8-7-15(30-18)9-24-31(27,28)12-14-5-3-2-4-6-14/h2-8,10,13,24H,9,11-12H2,1H3. The Morgan fingerprint density at radius 3 is 2.77 bits per heavy atom. The van der Waals surface area contributed by atoms with Crippen molar-refractivity contribution in [2.24, 2.45) is 7.05 Å². The van der Waals surface area contributed by atoms with Gasteiger partial charge >= 0.3 is 0 Å². The Labute approximate surface area is 187 Å². The van der Waals surface area contributed by atoms with Gasteiger partial charge in [-0.2, -0.15) is 5.10 Å². The molecule has 1 aromatic carbocycles. The van der Waals surface area contributed by atoms with E-state index in [0.29, 0.717) is 15.6 Å². The fourth-order valence-corrected chi connectivity index (χ4v) is 5.93. The molecule has 31 heavy (non-hydrogen) atoms. The zero-order valence-corrected chi connectivity index (χ0v) is 19.0. The van der Waals surface area contributed by atoms with Crippen LogP contribution in [-0.4, -0.2) is 39.7 Å². The molecular formula is C20H19N5O3S3. The zero-order chi connectivity index (χ0) is 21.8. The number of thioether (sulfide) groups is 1. The van der Waals surface area contributed by atoms with Crippen LogP contribution in [0.3, 0.4) is 0 Å². The molecule has 0 saturated carbocycles. The lowest BCUT2D eigenvalue weighted by atomic mass is 10.2. The van der Waals surface area contributed by atoms with Crippen LogP contribution in [0.2, 0.25) is 0 Å². The Balaban J connectivity index is 1.34. The average molecular weight is 474 g/mol. The van der Waals surface area contributed by atoms with Gasteiger partial charge in [-0.3, -0.25) is 9.48 Å². The Bertz CT molecular complexity index is 1320. The Hall–Kier alpha value is -2.60. The molecule has 8 nitrogen and oxygen atoms in total. The van der Waals surface area contributed by atoms with Gasteiger partial charge in [0.15, 0.2) is 11.4 Å². The molecule has 0 spiro atoms. The minimum absolute atomic E-state index is 0.0379. The number of thiophene rings is 1. The van der Waals surface area contributed by atoms with E-state index in [1.807, 2.05) is 6.07 Å². The minimum Gasteiger partial charge on any atom is -0.292 e. The molecule has 4 rings (SSSR count). The molecule has 160 valence electrons. The second kappa shape index (κ2) is 9.27. The number of hydrogen-bond donors (Lipinski definition) is 1. The van der Waals surface area contributed by atoms with Gasteiger partial charge in [0.2, 0.25) is 10.0 Å². The molecule has 0 atom stereocenters. The summed E-state index contributed by atoms with van der Waals surface area (Å²) in [7, 11) is -1.66. The summed E-state index contributed by atoms with van der Waals surface area (Å²) in [5, 5.41) is 5.69. The van der Waals surface area contributed by atoms with Gasteiger partial charge < -0.3 is 0 Å². The van der Waals surface area contributed by atoms with Crippen LogP contribution in [0, 0.1) is 0 Å². The number of benzene rings is 1. The van der Waals surface area contributed by atoms with E-state index in [2.05, 4.69) is 19.8 Å². The van der Waals surface area contributed by atoms with Crippen LogP contribution in [0.4, 0.5) is 0 Å². The number of ketones is 1. The van der Waals surface area contributed by atoms with E-state index >= 15 is 0 Å². The third kappa shape index (κ3) is 5.37. The van der Waals surface area contributed by atoms with Gasteiger partial charge in [-0.25, -0.2) is 23.1 Å². The number of carbonyl (C=O) groups excluding carboxylic acids is 1. The Morgan fingerprint density at radius 2 is 1.97 bits per heavy atom. The molecule has 0 aliphatic rings. The van der Waals surface area contributed by atoms with Gasteiger partial charge in [0.25, 0.3) is 0 Å². The Kier molecular flexibility index (Phi) is 6.46. The van der Waals surface area contributed by atoms with Gasteiger partial charge in [0.1, 0.15) is 11.4 Å². The van der Waals surface area contributed by atoms with Crippen molar-refractivity contribution in [3.63, 3.8) is 0 Å². The van der Waals surface area contributed by atoms with Crippen LogP contribution < -0.4 is 4.72 Å². The first-order valence-electron chi connectivity index (χ1n) is 9.30. The first-order chi connectivity index (χ1) is 14.9. The fraction of sp³-hybridized carbons (Fsp3) is 0.200. The van der Waals surface area contributed by atoms with Crippen molar-refractivity contribution in [2.45, 2.75) is 17.3 Å². The molecule has 0 fully saturated rings. The smallest absolute Gasteiger partial charge is 0.216 e. The van der Waals surface area contributed by atoms with Gasteiger partial charge in [-0.05, 0) is 17.7 Å². The monoisotopic (exact) mass is 473 g/mol. The first kappa shape index (κ1) is 21.6. The third-order valence-electron chi connectivity index (χ3n) is 4.44. The second-order valence-electron chi connectivity index (χ2n) is 6.73. The van der Waals surface area contributed by atoms with E-state index in [-0.39, 0.29) is 23.8 Å². The quantitative estimate of drug-likeness (QED) is 0.226. The van der Waals surface area contributed by atoms with Crippen molar-refractivity contribution in [2.75, 3.05) is 5.75 Å². The number of hydrogen-bond acceptors (Lipinski definition) is 8. The topological polar surface area (TPSA) is 107 Å². The molecule has 0 unspecified atom stereocenters. The van der Waals surface area contributed by atoms with Crippen LogP contribution in [0.15, 0.2) is 60.0 Å². The number of sulfonamides is 1. The van der Waals surface area contributed by atoms with Crippen molar-refractivity contribution >= 4 is 49.9 Å². The van der Waals surface area contributed by atoms with E-state index in [1.54, 1.807) is 54.3 Å². The van der Waals surface area contributed by atoms with Crippen molar-refractivity contribution < 1.29 is 13.2 Å². The van der Waals surface area contributed by atoms with Crippen molar-refractivity contribution in [3.8, 4) is 0 Å². The number of carbonyl (C=O) groups is 1. The molecule has 4 aromatic rings. The molecule has 0 aliphatic carbocycles. The summed E-state index contributed by atoms with van der Waals surface area (Å²) in [6.45, 7) is 0.155. The van der Waals surface area contributed by atoms with Crippen LogP contribution in [-0.2, 0) is 29.4 Å². The van der Waals surface area contributed by atoms with Gasteiger partial charge in [-0.15, -0.1) is 11.3 Å². The highest BCUT2D eigenvalue weighted by Gasteiger charge is 2.15. The van der Waals surface area contributed by atoms with Crippen LogP contribution in [0.5, 0.6) is 0 Å². The molecule has 0 aliphatic heterocycles. The maximum absolute atomic E-state index is 12.6. The number of rotatable bonds is 9. The number of nitrogens with one attached hydrogen (secondary N) is 1. The lowest BCUT2D eigenvalue weighted by Gasteiger charge is -2.05. The SMILES string of the molecule is Cn1ncc2c(SCC(=O)c3ccc(CNS(=O)(=O)Cc4ccccc4)s3)ncnc21. The summed E-state index contributed by atoms with van der Waals surface area (Å²) in [4.78, 5) is 22.4. The van der Waals surface area contributed by atoms with Crippen molar-refractivity contribution in [1.82, 2.24) is 24.5 Å². The summed E-state index contributed by atoms with van der Waals surface area (Å²) in [5.74, 6) is 0.105. The Morgan fingerprint density at radius 1 is 1.16 bits per heavy atom. The maximum atomic E-state index is 12.6. The van der Waals surface area contributed by atoms with Crippen LogP contribution in [0.25, 0.3) is 11.0 Å². The van der Waals surface area contributed by atoms with Gasteiger partial charge in [-0.1, -0.05) is 42.1 Å². The lowest BCUT2D eigenvalue weighted by molar-refractivity contribution is 0.102. The molecule has 0 amide bonds. The predicted molar refractivity (Wildman–Crippen MR) is 122 cm³/mol. The number of fused-ring (bicyclic) bond motifs is 1. The summed E-state index contributed by atoms with van der Waals surface area (Å²) >= 11 is 2.63. The van der Waals surface area contributed by atoms with E-state index in [1.165, 1.54) is 29.4 Å². The summed E-state index contributed by atoms with van der Waals surface area (Å²) in [6.07, 6.45) is 3.15. The van der Waals surface area contributed by atoms with Gasteiger partial charge in [0, 0.05) is 18.5 Å². The first-order valence-corrected chi connectivity index (χ1v) is 12.8. The predicted octanol–water partition coefficient (Wildman–Crippen LogP) is 3.02. The van der Waals surface area contributed by atoms with E-state index in [0.717, 1.165) is 15.8 Å². The molecule has 0 bridgehead atoms. The van der Waals surface area contributed by atoms with E-state index in [9.17, 15) is 13.2 Å². The number of aryl methyl sites for hydroxylation is 1. The lowest BCUT2D eigenvalue weighted by Crippen LogP contribution is -2.24. The zero-order valence-electron chi connectivity index (χ0n) is 16.6. The van der Waals surface area contributed by atoms with Crippen LogP contribution in [0.1, 0.15) is 20.1 Å². The molecule has 3 aromatic heterocycles. The molecule has 1 N–H and O–H groups in total. The van der Waals surface area contributed by atoms with Gasteiger partial charge in [0.05, 0.1) is 28.0 Å². The molecule has 11 heteroatoms. The fourth-order valence-electron chi connectivity index (χ4n) is 2.91. The highest BCUT2D eigenvalue weighted by atomic mass is 32.2. The minimum atomic E-state index is -3.46. The van der Waals surface area contributed by atoms with E-state index in [4.69, 9.17) is 0 Å². The van der Waals surface area contributed by atoms with Crippen molar-refractivity contribution in [1.29, 1.82) is 0 Å². The second-order valence-corrected chi connectivity index (χ2v) is 10.7. The number of aromatic nitrogens is 4. The largest absolute Gasteiger partial charge is 0.292 e. The number of nitrogens with zero attached hydrogens (tertiary/aromatic N) is 4. The molecule has 0 saturated heterocycles. The highest BCUT2D eigenvalue weighted by molar-refractivity contribution is 8.00. The molecule has 0 radical (unpaired) electrons. The molecule has 3 heterocycles.